The molecule has 0 spiro atoms. The van der Waals surface area contributed by atoms with E-state index in [9.17, 15) is 4.79 Å². The summed E-state index contributed by atoms with van der Waals surface area (Å²) < 4.78 is 4.25. The van der Waals surface area contributed by atoms with Gasteiger partial charge in [-0.2, -0.15) is 10.2 Å². The number of carbonyl (C=O) groups excluding carboxylic acids is 1. The highest BCUT2D eigenvalue weighted by atomic mass is 79.9. The van der Waals surface area contributed by atoms with E-state index >= 15 is 0 Å². The van der Waals surface area contributed by atoms with E-state index in [0.29, 0.717) is 22.4 Å². The van der Waals surface area contributed by atoms with Crippen LogP contribution in [-0.2, 0) is 13.1 Å². The number of anilines is 1. The lowest BCUT2D eigenvalue weighted by Crippen LogP contribution is -2.17. The number of amides is 1. The van der Waals surface area contributed by atoms with E-state index in [1.54, 1.807) is 17.1 Å². The maximum atomic E-state index is 12.3. The Kier molecular flexibility index (Phi) is 3.60. The van der Waals surface area contributed by atoms with Gasteiger partial charge in [-0.05, 0) is 41.6 Å². The molecule has 2 aromatic heterocycles. The Morgan fingerprint density at radius 2 is 2.25 bits per heavy atom. The van der Waals surface area contributed by atoms with Gasteiger partial charge in [0.25, 0.3) is 5.91 Å². The second-order valence-corrected chi connectivity index (χ2v) is 5.86. The number of hydrogen-bond donors (Lipinski definition) is 1. The number of aromatic nitrogens is 4. The van der Waals surface area contributed by atoms with Crippen LogP contribution in [0.5, 0.6) is 0 Å². The van der Waals surface area contributed by atoms with Gasteiger partial charge < -0.3 is 5.32 Å². The number of rotatable bonds is 5. The van der Waals surface area contributed by atoms with E-state index in [4.69, 9.17) is 0 Å². The Labute approximate surface area is 125 Å². The molecule has 20 heavy (non-hydrogen) atoms. The third-order valence-electron chi connectivity index (χ3n) is 3.34. The first-order valence-corrected chi connectivity index (χ1v) is 7.51. The van der Waals surface area contributed by atoms with Gasteiger partial charge in [-0.1, -0.05) is 0 Å². The van der Waals surface area contributed by atoms with Crippen molar-refractivity contribution in [3.8, 4) is 0 Å². The van der Waals surface area contributed by atoms with Crippen LogP contribution in [0, 0.1) is 5.92 Å². The average Bonchev–Trinajstić information content (AvgIpc) is 2.99. The second-order valence-electron chi connectivity index (χ2n) is 5.01. The molecule has 0 bridgehead atoms. The maximum absolute atomic E-state index is 12.3. The molecule has 1 aliphatic carbocycles. The zero-order chi connectivity index (χ0) is 14.1. The van der Waals surface area contributed by atoms with Crippen LogP contribution in [0.15, 0.2) is 23.1 Å². The maximum Gasteiger partial charge on any atom is 0.275 e. The van der Waals surface area contributed by atoms with Gasteiger partial charge in [-0.25, -0.2) is 0 Å². The van der Waals surface area contributed by atoms with Crippen LogP contribution in [0.2, 0.25) is 0 Å². The number of carbonyl (C=O) groups is 1. The summed E-state index contributed by atoms with van der Waals surface area (Å²) in [5, 5.41) is 11.3. The Hall–Kier alpha value is -1.63. The van der Waals surface area contributed by atoms with Gasteiger partial charge in [0.1, 0.15) is 5.69 Å². The number of nitrogens with one attached hydrogen (secondary N) is 1. The highest BCUT2D eigenvalue weighted by Crippen LogP contribution is 2.30. The lowest BCUT2D eigenvalue weighted by Gasteiger charge is -2.05. The standard InChI is InChI=1S/C13H16BrN5O/c1-2-19-12(11(14)6-16-19)13(20)17-10-5-15-18(8-10)7-9-3-4-9/h5-6,8-9H,2-4,7H2,1H3,(H,17,20). The lowest BCUT2D eigenvalue weighted by molar-refractivity contribution is 0.101. The minimum atomic E-state index is -0.179. The molecule has 0 saturated heterocycles. The summed E-state index contributed by atoms with van der Waals surface area (Å²) in [7, 11) is 0. The number of halogens is 1. The highest BCUT2D eigenvalue weighted by molar-refractivity contribution is 9.10. The highest BCUT2D eigenvalue weighted by Gasteiger charge is 2.22. The minimum absolute atomic E-state index is 0.179. The van der Waals surface area contributed by atoms with Crippen LogP contribution in [0.3, 0.4) is 0 Å². The van der Waals surface area contributed by atoms with Gasteiger partial charge in [0.2, 0.25) is 0 Å². The molecule has 0 radical (unpaired) electrons. The van der Waals surface area contributed by atoms with Crippen molar-refractivity contribution in [3.63, 3.8) is 0 Å². The van der Waals surface area contributed by atoms with Gasteiger partial charge in [0.15, 0.2) is 0 Å². The van der Waals surface area contributed by atoms with E-state index < -0.39 is 0 Å². The van der Waals surface area contributed by atoms with Gasteiger partial charge in [-0.15, -0.1) is 0 Å². The third-order valence-corrected chi connectivity index (χ3v) is 3.92. The fourth-order valence-electron chi connectivity index (χ4n) is 2.11. The SMILES string of the molecule is CCn1ncc(Br)c1C(=O)Nc1cnn(CC2CC2)c1. The predicted molar refractivity (Wildman–Crippen MR) is 78.5 cm³/mol. The second kappa shape index (κ2) is 5.40. The van der Waals surface area contributed by atoms with Gasteiger partial charge in [0.05, 0.1) is 22.6 Å². The van der Waals surface area contributed by atoms with E-state index in [0.717, 1.165) is 12.5 Å². The first-order valence-electron chi connectivity index (χ1n) is 6.72. The third kappa shape index (κ3) is 2.77. The molecule has 0 unspecified atom stereocenters. The quantitative estimate of drug-likeness (QED) is 0.911. The van der Waals surface area contributed by atoms with E-state index in [1.165, 1.54) is 12.8 Å². The van der Waals surface area contributed by atoms with Crippen molar-refractivity contribution in [2.45, 2.75) is 32.9 Å². The lowest BCUT2D eigenvalue weighted by atomic mass is 10.4. The molecule has 0 aliphatic heterocycles. The summed E-state index contributed by atoms with van der Waals surface area (Å²) in [6, 6.07) is 0. The Morgan fingerprint density at radius 3 is 2.95 bits per heavy atom. The summed E-state index contributed by atoms with van der Waals surface area (Å²) in [5.41, 5.74) is 1.24. The molecule has 1 amide bonds. The smallest absolute Gasteiger partial charge is 0.275 e. The van der Waals surface area contributed by atoms with Crippen LogP contribution < -0.4 is 5.32 Å². The molecular formula is C13H16BrN5O. The minimum Gasteiger partial charge on any atom is -0.318 e. The Morgan fingerprint density at radius 1 is 1.45 bits per heavy atom. The number of aryl methyl sites for hydroxylation is 1. The first-order chi connectivity index (χ1) is 9.67. The summed E-state index contributed by atoms with van der Waals surface area (Å²) in [6.07, 6.45) is 7.75. The molecule has 1 N–H and O–H groups in total. The molecule has 106 valence electrons. The molecule has 1 saturated carbocycles. The van der Waals surface area contributed by atoms with Crippen molar-refractivity contribution in [3.05, 3.63) is 28.8 Å². The first kappa shape index (κ1) is 13.4. The van der Waals surface area contributed by atoms with Crippen molar-refractivity contribution in [2.75, 3.05) is 5.32 Å². The van der Waals surface area contributed by atoms with Crippen LogP contribution in [0.1, 0.15) is 30.3 Å². The zero-order valence-electron chi connectivity index (χ0n) is 11.2. The molecule has 3 rings (SSSR count). The van der Waals surface area contributed by atoms with E-state index in [1.807, 2.05) is 17.8 Å². The molecule has 7 heteroatoms. The topological polar surface area (TPSA) is 64.7 Å². The molecule has 2 aromatic rings. The predicted octanol–water partition coefficient (Wildman–Crippen LogP) is 2.52. The fourth-order valence-corrected chi connectivity index (χ4v) is 2.59. The Bertz CT molecular complexity index is 628. The van der Waals surface area contributed by atoms with Crippen LogP contribution >= 0.6 is 15.9 Å². The molecular weight excluding hydrogens is 322 g/mol. The number of hydrogen-bond acceptors (Lipinski definition) is 3. The molecule has 1 aliphatic rings. The summed E-state index contributed by atoms with van der Waals surface area (Å²) >= 11 is 3.35. The molecule has 6 nitrogen and oxygen atoms in total. The summed E-state index contributed by atoms with van der Waals surface area (Å²) in [6.45, 7) is 3.53. The summed E-state index contributed by atoms with van der Waals surface area (Å²) in [5.74, 6) is 0.580. The van der Waals surface area contributed by atoms with E-state index in [-0.39, 0.29) is 5.91 Å². The zero-order valence-corrected chi connectivity index (χ0v) is 12.8. The van der Waals surface area contributed by atoms with Gasteiger partial charge in [0, 0.05) is 19.3 Å². The van der Waals surface area contributed by atoms with Crippen LogP contribution in [0.25, 0.3) is 0 Å². The van der Waals surface area contributed by atoms with Crippen molar-refractivity contribution in [1.82, 2.24) is 19.6 Å². The van der Waals surface area contributed by atoms with Crippen molar-refractivity contribution < 1.29 is 4.79 Å². The van der Waals surface area contributed by atoms with Gasteiger partial charge in [-0.3, -0.25) is 14.2 Å². The van der Waals surface area contributed by atoms with Crippen LogP contribution in [-0.4, -0.2) is 25.5 Å². The number of nitrogens with zero attached hydrogens (tertiary/aromatic N) is 4. The normalized spacial score (nSPS) is 14.5. The largest absolute Gasteiger partial charge is 0.318 e. The molecule has 0 atom stereocenters. The van der Waals surface area contributed by atoms with Crippen molar-refractivity contribution in [1.29, 1.82) is 0 Å². The fraction of sp³-hybridized carbons (Fsp3) is 0.462. The van der Waals surface area contributed by atoms with Crippen molar-refractivity contribution in [2.24, 2.45) is 5.92 Å². The van der Waals surface area contributed by atoms with E-state index in [2.05, 4.69) is 31.4 Å². The average molecular weight is 338 g/mol. The molecule has 2 heterocycles. The molecule has 0 aromatic carbocycles. The van der Waals surface area contributed by atoms with Gasteiger partial charge >= 0.3 is 0 Å². The Balaban J connectivity index is 1.71. The molecule has 1 fully saturated rings. The monoisotopic (exact) mass is 337 g/mol. The van der Waals surface area contributed by atoms with Crippen LogP contribution in [0.4, 0.5) is 5.69 Å². The van der Waals surface area contributed by atoms with Crippen molar-refractivity contribution >= 4 is 27.5 Å². The summed E-state index contributed by atoms with van der Waals surface area (Å²) in [4.78, 5) is 12.3.